The Morgan fingerprint density at radius 3 is 2.35 bits per heavy atom. The molecule has 5 heteroatoms. The molecule has 0 fully saturated rings. The van der Waals surface area contributed by atoms with Crippen LogP contribution in [0, 0.1) is 0 Å². The number of benzene rings is 1. The zero-order chi connectivity index (χ0) is 12.9. The van der Waals surface area contributed by atoms with Crippen LogP contribution in [0.4, 0.5) is 0 Å². The van der Waals surface area contributed by atoms with Gasteiger partial charge in [-0.15, -0.1) is 0 Å². The monoisotopic (exact) mass is 275 g/mol. The maximum absolute atomic E-state index is 11.0. The van der Waals surface area contributed by atoms with Crippen molar-refractivity contribution in [1.29, 1.82) is 0 Å². The van der Waals surface area contributed by atoms with Gasteiger partial charge in [-0.1, -0.05) is 23.7 Å². The lowest BCUT2D eigenvalue weighted by atomic mass is 10.0. The molecule has 1 rings (SSSR count). The molecule has 17 heavy (non-hydrogen) atoms. The van der Waals surface area contributed by atoms with Crippen LogP contribution in [0.1, 0.15) is 24.4 Å². The summed E-state index contributed by atoms with van der Waals surface area (Å²) in [4.78, 5) is 0. The summed E-state index contributed by atoms with van der Waals surface area (Å²) in [6.07, 6.45) is 2.72. The van der Waals surface area contributed by atoms with Crippen molar-refractivity contribution in [3.05, 3.63) is 34.9 Å². The number of sulfone groups is 1. The van der Waals surface area contributed by atoms with E-state index in [2.05, 4.69) is 5.32 Å². The van der Waals surface area contributed by atoms with Crippen molar-refractivity contribution >= 4 is 21.4 Å². The van der Waals surface area contributed by atoms with Gasteiger partial charge >= 0.3 is 0 Å². The predicted molar refractivity (Wildman–Crippen MR) is 72.2 cm³/mol. The molecule has 0 spiro atoms. The predicted octanol–water partition coefficient (Wildman–Crippen LogP) is 2.43. The summed E-state index contributed by atoms with van der Waals surface area (Å²) < 4.78 is 22.1. The van der Waals surface area contributed by atoms with Gasteiger partial charge in [-0.25, -0.2) is 8.42 Å². The van der Waals surface area contributed by atoms with Gasteiger partial charge in [0.25, 0.3) is 0 Å². The fraction of sp³-hybridized carbons (Fsp3) is 0.500. The van der Waals surface area contributed by atoms with Crippen molar-refractivity contribution in [3.8, 4) is 0 Å². The average molecular weight is 276 g/mol. The van der Waals surface area contributed by atoms with Gasteiger partial charge < -0.3 is 5.32 Å². The number of hydrogen-bond acceptors (Lipinski definition) is 3. The quantitative estimate of drug-likeness (QED) is 0.867. The zero-order valence-electron chi connectivity index (χ0n) is 10.1. The fourth-order valence-corrected chi connectivity index (χ4v) is 2.54. The van der Waals surface area contributed by atoms with Gasteiger partial charge in [0.1, 0.15) is 9.84 Å². The standard InChI is InChI=1S/C12H18ClNO2S/c1-14-12(4-3-9-17(2,15)16)10-5-7-11(13)8-6-10/h5-8,12,14H,3-4,9H2,1-2H3. The summed E-state index contributed by atoms with van der Waals surface area (Å²) in [6.45, 7) is 0. The highest BCUT2D eigenvalue weighted by Gasteiger charge is 2.10. The minimum atomic E-state index is -2.87. The molecule has 0 bridgehead atoms. The lowest BCUT2D eigenvalue weighted by Gasteiger charge is -2.16. The minimum Gasteiger partial charge on any atom is -0.313 e. The van der Waals surface area contributed by atoms with Gasteiger partial charge in [-0.2, -0.15) is 0 Å². The third kappa shape index (κ3) is 5.52. The van der Waals surface area contributed by atoms with Crippen molar-refractivity contribution in [1.82, 2.24) is 5.32 Å². The third-order valence-corrected chi connectivity index (χ3v) is 3.91. The molecule has 1 N–H and O–H groups in total. The Hall–Kier alpha value is -0.580. The second kappa shape index (κ2) is 6.38. The summed E-state index contributed by atoms with van der Waals surface area (Å²) in [5, 5.41) is 3.89. The first-order valence-corrected chi connectivity index (χ1v) is 7.96. The van der Waals surface area contributed by atoms with E-state index in [1.54, 1.807) is 0 Å². The summed E-state index contributed by atoms with van der Waals surface area (Å²) in [7, 11) is -0.991. The van der Waals surface area contributed by atoms with Crippen LogP contribution in [0.2, 0.25) is 5.02 Å². The van der Waals surface area contributed by atoms with Gasteiger partial charge in [-0.3, -0.25) is 0 Å². The van der Waals surface area contributed by atoms with Crippen LogP contribution in [0.3, 0.4) is 0 Å². The molecular weight excluding hydrogens is 258 g/mol. The smallest absolute Gasteiger partial charge is 0.147 e. The molecule has 0 aliphatic carbocycles. The Balaban J connectivity index is 2.57. The van der Waals surface area contributed by atoms with Crippen molar-refractivity contribution in [2.75, 3.05) is 19.1 Å². The highest BCUT2D eigenvalue weighted by molar-refractivity contribution is 7.90. The minimum absolute atomic E-state index is 0.175. The molecular formula is C12H18ClNO2S. The molecule has 0 heterocycles. The lowest BCUT2D eigenvalue weighted by molar-refractivity contribution is 0.536. The van der Waals surface area contributed by atoms with Crippen molar-refractivity contribution < 1.29 is 8.42 Å². The number of nitrogens with one attached hydrogen (secondary N) is 1. The Labute approximate surface area is 108 Å². The molecule has 0 amide bonds. The van der Waals surface area contributed by atoms with E-state index >= 15 is 0 Å². The van der Waals surface area contributed by atoms with Crippen LogP contribution in [-0.2, 0) is 9.84 Å². The van der Waals surface area contributed by atoms with Crippen LogP contribution in [0.5, 0.6) is 0 Å². The Bertz CT molecular complexity index is 442. The maximum Gasteiger partial charge on any atom is 0.147 e. The van der Waals surface area contributed by atoms with E-state index in [9.17, 15) is 8.42 Å². The van der Waals surface area contributed by atoms with E-state index in [1.165, 1.54) is 6.26 Å². The molecule has 1 atom stereocenters. The summed E-state index contributed by atoms with van der Waals surface area (Å²) >= 11 is 5.82. The van der Waals surface area contributed by atoms with Crippen LogP contribution in [-0.4, -0.2) is 27.5 Å². The highest BCUT2D eigenvalue weighted by atomic mass is 35.5. The van der Waals surface area contributed by atoms with Crippen molar-refractivity contribution in [2.45, 2.75) is 18.9 Å². The van der Waals surface area contributed by atoms with Crippen LogP contribution < -0.4 is 5.32 Å². The van der Waals surface area contributed by atoms with E-state index in [0.717, 1.165) is 12.0 Å². The molecule has 0 aromatic heterocycles. The summed E-state index contributed by atoms with van der Waals surface area (Å²) in [5.41, 5.74) is 1.13. The van der Waals surface area contributed by atoms with E-state index in [4.69, 9.17) is 11.6 Å². The topological polar surface area (TPSA) is 46.2 Å². The first-order valence-electron chi connectivity index (χ1n) is 5.53. The molecule has 3 nitrogen and oxygen atoms in total. The van der Waals surface area contributed by atoms with E-state index < -0.39 is 9.84 Å². The molecule has 1 unspecified atom stereocenters. The van der Waals surface area contributed by atoms with Gasteiger partial charge in [0.15, 0.2) is 0 Å². The average Bonchev–Trinajstić information content (AvgIpc) is 2.24. The summed E-state index contributed by atoms with van der Waals surface area (Å²) in [5.74, 6) is 0.235. The van der Waals surface area contributed by atoms with E-state index in [0.29, 0.717) is 11.4 Å². The molecule has 1 aromatic carbocycles. The van der Waals surface area contributed by atoms with Crippen molar-refractivity contribution in [2.24, 2.45) is 0 Å². The third-order valence-electron chi connectivity index (χ3n) is 2.63. The SMILES string of the molecule is CNC(CCCS(C)(=O)=O)c1ccc(Cl)cc1. The molecule has 0 aliphatic rings. The van der Waals surface area contributed by atoms with Crippen LogP contribution in [0.15, 0.2) is 24.3 Å². The van der Waals surface area contributed by atoms with E-state index in [1.807, 2.05) is 31.3 Å². The number of halogens is 1. The molecule has 96 valence electrons. The first kappa shape index (κ1) is 14.5. The van der Waals surface area contributed by atoms with E-state index in [-0.39, 0.29) is 11.8 Å². The second-order valence-electron chi connectivity index (χ2n) is 4.16. The molecule has 0 radical (unpaired) electrons. The highest BCUT2D eigenvalue weighted by Crippen LogP contribution is 2.20. The zero-order valence-corrected chi connectivity index (χ0v) is 11.7. The normalized spacial score (nSPS) is 13.6. The van der Waals surface area contributed by atoms with Gasteiger partial charge in [0.2, 0.25) is 0 Å². The van der Waals surface area contributed by atoms with Gasteiger partial charge in [-0.05, 0) is 37.6 Å². The van der Waals surface area contributed by atoms with Crippen LogP contribution in [0.25, 0.3) is 0 Å². The fourth-order valence-electron chi connectivity index (χ4n) is 1.72. The molecule has 0 saturated carbocycles. The largest absolute Gasteiger partial charge is 0.313 e. The molecule has 0 aliphatic heterocycles. The van der Waals surface area contributed by atoms with Crippen molar-refractivity contribution in [3.63, 3.8) is 0 Å². The Morgan fingerprint density at radius 2 is 1.88 bits per heavy atom. The molecule has 0 saturated heterocycles. The molecule has 1 aromatic rings. The maximum atomic E-state index is 11.0. The Kier molecular flexibility index (Phi) is 5.43. The summed E-state index contributed by atoms with van der Waals surface area (Å²) in [6, 6.07) is 7.79. The van der Waals surface area contributed by atoms with Gasteiger partial charge in [0.05, 0.1) is 0 Å². The number of hydrogen-bond donors (Lipinski definition) is 1. The van der Waals surface area contributed by atoms with Crippen LogP contribution >= 0.6 is 11.6 Å². The number of rotatable bonds is 6. The second-order valence-corrected chi connectivity index (χ2v) is 6.86. The Morgan fingerprint density at radius 1 is 1.29 bits per heavy atom. The lowest BCUT2D eigenvalue weighted by Crippen LogP contribution is -2.17. The van der Waals surface area contributed by atoms with Gasteiger partial charge in [0, 0.05) is 23.1 Å². The first-order chi connectivity index (χ1) is 7.92.